The molecule has 0 aliphatic rings. The maximum Gasteiger partial charge on any atom is 0.293 e. The number of para-hydroxylation sites is 1. The summed E-state index contributed by atoms with van der Waals surface area (Å²) in [4.78, 5) is 25.2. The maximum atomic E-state index is 12.8. The van der Waals surface area contributed by atoms with Crippen LogP contribution in [-0.4, -0.2) is 11.8 Å². The fourth-order valence-corrected chi connectivity index (χ4v) is 2.46. The molecule has 0 fully saturated rings. The third-order valence-electron chi connectivity index (χ3n) is 4.03. The van der Waals surface area contributed by atoms with E-state index in [2.05, 4.69) is 10.6 Å². The lowest BCUT2D eigenvalue weighted by Gasteiger charge is -2.17. The van der Waals surface area contributed by atoms with Gasteiger partial charge in [-0.15, -0.1) is 0 Å². The molecule has 0 radical (unpaired) electrons. The Morgan fingerprint density at radius 2 is 1.58 bits per heavy atom. The van der Waals surface area contributed by atoms with Crippen molar-refractivity contribution in [2.45, 2.75) is 27.7 Å². The molecule has 1 aromatic heterocycles. The number of rotatable bonds is 3. The van der Waals surface area contributed by atoms with Gasteiger partial charge < -0.3 is 15.1 Å². The quantitative estimate of drug-likeness (QED) is 0.700. The van der Waals surface area contributed by atoms with Crippen LogP contribution in [0.5, 0.6) is 0 Å². The van der Waals surface area contributed by atoms with E-state index in [-0.39, 0.29) is 11.7 Å². The van der Waals surface area contributed by atoms with E-state index >= 15 is 0 Å². The Morgan fingerprint density at radius 1 is 0.923 bits per heavy atom. The highest BCUT2D eigenvalue weighted by Crippen LogP contribution is 2.32. The largest absolute Gasteiger partial charge is 0.449 e. The van der Waals surface area contributed by atoms with Crippen LogP contribution in [0.25, 0.3) is 11.0 Å². The van der Waals surface area contributed by atoms with Crippen molar-refractivity contribution < 1.29 is 14.0 Å². The summed E-state index contributed by atoms with van der Waals surface area (Å²) in [6.07, 6.45) is 0. The van der Waals surface area contributed by atoms with E-state index in [4.69, 9.17) is 4.42 Å². The van der Waals surface area contributed by atoms with E-state index < -0.39 is 11.3 Å². The topological polar surface area (TPSA) is 71.3 Å². The van der Waals surface area contributed by atoms with E-state index in [1.54, 1.807) is 6.07 Å². The summed E-state index contributed by atoms with van der Waals surface area (Å²) in [5.74, 6) is -0.507. The number of amides is 2. The monoisotopic (exact) mass is 350 g/mol. The number of carbonyl (C=O) groups is 2. The van der Waals surface area contributed by atoms with Crippen LogP contribution in [0.1, 0.15) is 36.9 Å². The smallest absolute Gasteiger partial charge is 0.293 e. The van der Waals surface area contributed by atoms with Crippen LogP contribution < -0.4 is 10.6 Å². The van der Waals surface area contributed by atoms with Gasteiger partial charge in [-0.25, -0.2) is 0 Å². The molecular weight excluding hydrogens is 328 g/mol. The SMILES string of the molecule is Cc1ccc(NC(=O)c2oc3ccccc3c2NC(=O)C(C)(C)C)cc1. The van der Waals surface area contributed by atoms with Crippen molar-refractivity contribution in [3.8, 4) is 0 Å². The number of hydrogen-bond donors (Lipinski definition) is 2. The van der Waals surface area contributed by atoms with Gasteiger partial charge in [-0.05, 0) is 31.2 Å². The van der Waals surface area contributed by atoms with Gasteiger partial charge in [-0.1, -0.05) is 50.6 Å². The second-order valence-corrected chi connectivity index (χ2v) is 7.33. The van der Waals surface area contributed by atoms with Crippen LogP contribution in [0.15, 0.2) is 52.9 Å². The third kappa shape index (κ3) is 3.61. The highest BCUT2D eigenvalue weighted by Gasteiger charge is 2.27. The number of hydrogen-bond acceptors (Lipinski definition) is 3. The minimum Gasteiger partial charge on any atom is -0.449 e. The minimum atomic E-state index is -0.594. The Labute approximate surface area is 152 Å². The Hall–Kier alpha value is -3.08. The lowest BCUT2D eigenvalue weighted by atomic mass is 9.95. The molecule has 0 bridgehead atoms. The van der Waals surface area contributed by atoms with Crippen molar-refractivity contribution in [2.24, 2.45) is 5.41 Å². The van der Waals surface area contributed by atoms with E-state index in [0.717, 1.165) is 5.56 Å². The van der Waals surface area contributed by atoms with Crippen molar-refractivity contribution >= 4 is 34.2 Å². The summed E-state index contributed by atoms with van der Waals surface area (Å²) in [6, 6.07) is 14.7. The van der Waals surface area contributed by atoms with Crippen molar-refractivity contribution in [2.75, 3.05) is 10.6 Å². The Bertz CT molecular complexity index is 963. The predicted octanol–water partition coefficient (Wildman–Crippen LogP) is 4.98. The lowest BCUT2D eigenvalue weighted by Crippen LogP contribution is -2.28. The molecule has 0 saturated heterocycles. The minimum absolute atomic E-state index is 0.0874. The zero-order valence-electron chi connectivity index (χ0n) is 15.3. The molecule has 0 aliphatic carbocycles. The van der Waals surface area contributed by atoms with Crippen LogP contribution in [0, 0.1) is 12.3 Å². The molecule has 0 spiro atoms. The number of fused-ring (bicyclic) bond motifs is 1. The molecule has 2 N–H and O–H groups in total. The van der Waals surface area contributed by atoms with Gasteiger partial charge in [0, 0.05) is 16.5 Å². The molecular formula is C21H22N2O3. The summed E-state index contributed by atoms with van der Waals surface area (Å²) < 4.78 is 5.74. The summed E-state index contributed by atoms with van der Waals surface area (Å²) in [5.41, 5.74) is 2.11. The average Bonchev–Trinajstić information content (AvgIpc) is 2.95. The molecule has 3 rings (SSSR count). The average molecular weight is 350 g/mol. The van der Waals surface area contributed by atoms with Gasteiger partial charge in [-0.3, -0.25) is 9.59 Å². The van der Waals surface area contributed by atoms with Gasteiger partial charge in [-0.2, -0.15) is 0 Å². The molecule has 0 unspecified atom stereocenters. The second-order valence-electron chi connectivity index (χ2n) is 7.33. The van der Waals surface area contributed by atoms with Gasteiger partial charge in [0.05, 0.1) is 0 Å². The summed E-state index contributed by atoms with van der Waals surface area (Å²) >= 11 is 0. The highest BCUT2D eigenvalue weighted by atomic mass is 16.3. The standard InChI is InChI=1S/C21H22N2O3/c1-13-9-11-14(12-10-13)22-19(24)18-17(23-20(25)21(2,3)4)15-7-5-6-8-16(15)26-18/h5-12H,1-4H3,(H,22,24)(H,23,25). The van der Waals surface area contributed by atoms with Crippen molar-refractivity contribution in [3.05, 3.63) is 59.9 Å². The summed E-state index contributed by atoms with van der Waals surface area (Å²) in [7, 11) is 0. The van der Waals surface area contributed by atoms with Crippen molar-refractivity contribution in [3.63, 3.8) is 0 Å². The molecule has 0 saturated carbocycles. The first-order valence-electron chi connectivity index (χ1n) is 8.47. The molecule has 0 atom stereocenters. The first-order chi connectivity index (χ1) is 12.3. The Balaban J connectivity index is 1.98. The Kier molecular flexibility index (Phi) is 4.55. The van der Waals surface area contributed by atoms with Crippen LogP contribution in [0.4, 0.5) is 11.4 Å². The van der Waals surface area contributed by atoms with Gasteiger partial charge in [0.2, 0.25) is 11.7 Å². The number of anilines is 2. The number of benzene rings is 2. The van der Waals surface area contributed by atoms with Crippen LogP contribution in [-0.2, 0) is 4.79 Å². The van der Waals surface area contributed by atoms with E-state index in [0.29, 0.717) is 22.3 Å². The molecule has 5 nitrogen and oxygen atoms in total. The van der Waals surface area contributed by atoms with Crippen molar-refractivity contribution in [1.82, 2.24) is 0 Å². The first-order valence-corrected chi connectivity index (χ1v) is 8.47. The molecule has 1 heterocycles. The van der Waals surface area contributed by atoms with Gasteiger partial charge >= 0.3 is 0 Å². The molecule has 0 aliphatic heterocycles. The van der Waals surface area contributed by atoms with E-state index in [1.807, 2.05) is 70.2 Å². The van der Waals surface area contributed by atoms with E-state index in [9.17, 15) is 9.59 Å². The number of furan rings is 1. The van der Waals surface area contributed by atoms with Crippen LogP contribution >= 0.6 is 0 Å². The number of aryl methyl sites for hydroxylation is 1. The van der Waals surface area contributed by atoms with E-state index in [1.165, 1.54) is 0 Å². The molecule has 2 amide bonds. The van der Waals surface area contributed by atoms with Gasteiger partial charge in [0.25, 0.3) is 5.91 Å². The number of nitrogens with one attached hydrogen (secondary N) is 2. The molecule has 134 valence electrons. The third-order valence-corrected chi connectivity index (χ3v) is 4.03. The molecule has 2 aromatic carbocycles. The zero-order chi connectivity index (χ0) is 18.9. The molecule has 5 heteroatoms. The van der Waals surface area contributed by atoms with Gasteiger partial charge in [0.1, 0.15) is 11.3 Å². The van der Waals surface area contributed by atoms with Crippen molar-refractivity contribution in [1.29, 1.82) is 0 Å². The summed E-state index contributed by atoms with van der Waals surface area (Å²) in [5, 5.41) is 6.36. The summed E-state index contributed by atoms with van der Waals surface area (Å²) in [6.45, 7) is 7.43. The maximum absolute atomic E-state index is 12.8. The van der Waals surface area contributed by atoms with Gasteiger partial charge in [0.15, 0.2) is 0 Å². The molecule has 26 heavy (non-hydrogen) atoms. The Morgan fingerprint density at radius 3 is 2.23 bits per heavy atom. The predicted molar refractivity (Wildman–Crippen MR) is 103 cm³/mol. The fraction of sp³-hybridized carbons (Fsp3) is 0.238. The van der Waals surface area contributed by atoms with Crippen LogP contribution in [0.3, 0.4) is 0 Å². The zero-order valence-corrected chi connectivity index (χ0v) is 15.3. The first kappa shape index (κ1) is 17.7. The normalized spacial score (nSPS) is 11.4. The lowest BCUT2D eigenvalue weighted by molar-refractivity contribution is -0.123. The van der Waals surface area contributed by atoms with Crippen LogP contribution in [0.2, 0.25) is 0 Å². The second kappa shape index (κ2) is 6.67. The molecule has 3 aromatic rings. The number of carbonyl (C=O) groups excluding carboxylic acids is 2. The highest BCUT2D eigenvalue weighted by molar-refractivity contribution is 6.15. The fourth-order valence-electron chi connectivity index (χ4n) is 2.46.